The van der Waals surface area contributed by atoms with E-state index in [0.717, 1.165) is 6.07 Å². The van der Waals surface area contributed by atoms with Gasteiger partial charge in [0.15, 0.2) is 5.54 Å². The first-order valence-corrected chi connectivity index (χ1v) is 6.45. The molecule has 0 saturated carbocycles. The SMILES string of the molecule is CC(C)(C)OC(=O)NC(C)(C(=O)O)c1cccc([N+](=O)[O-])c1. The summed E-state index contributed by atoms with van der Waals surface area (Å²) in [6.45, 7) is 6.15. The van der Waals surface area contributed by atoms with Gasteiger partial charge < -0.3 is 15.2 Å². The van der Waals surface area contributed by atoms with Crippen LogP contribution in [0.2, 0.25) is 0 Å². The van der Waals surface area contributed by atoms with Crippen LogP contribution in [0.25, 0.3) is 0 Å². The molecule has 1 rings (SSSR count). The zero-order valence-electron chi connectivity index (χ0n) is 12.7. The molecule has 0 aliphatic carbocycles. The van der Waals surface area contributed by atoms with Crippen molar-refractivity contribution in [1.82, 2.24) is 5.32 Å². The maximum Gasteiger partial charge on any atom is 0.408 e. The van der Waals surface area contributed by atoms with Gasteiger partial charge in [0, 0.05) is 12.1 Å². The first kappa shape index (κ1) is 17.4. The zero-order valence-corrected chi connectivity index (χ0v) is 12.7. The van der Waals surface area contributed by atoms with Gasteiger partial charge in [0.05, 0.1) is 4.92 Å². The Kier molecular flexibility index (Phi) is 4.75. The van der Waals surface area contributed by atoms with Gasteiger partial charge in [-0.15, -0.1) is 0 Å². The maximum absolute atomic E-state index is 11.8. The number of rotatable bonds is 4. The van der Waals surface area contributed by atoms with Crippen molar-refractivity contribution >= 4 is 17.7 Å². The van der Waals surface area contributed by atoms with E-state index in [9.17, 15) is 24.8 Å². The van der Waals surface area contributed by atoms with E-state index in [1.807, 2.05) is 0 Å². The van der Waals surface area contributed by atoms with E-state index in [-0.39, 0.29) is 11.3 Å². The average Bonchev–Trinajstić information content (AvgIpc) is 2.36. The Bertz CT molecular complexity index is 608. The molecule has 0 fully saturated rings. The van der Waals surface area contributed by atoms with Crippen molar-refractivity contribution in [1.29, 1.82) is 0 Å². The minimum absolute atomic E-state index is 0.0695. The molecule has 120 valence electrons. The van der Waals surface area contributed by atoms with Crippen LogP contribution in [0.5, 0.6) is 0 Å². The molecule has 0 bridgehead atoms. The third kappa shape index (κ3) is 4.18. The summed E-state index contributed by atoms with van der Waals surface area (Å²) in [4.78, 5) is 33.6. The predicted molar refractivity (Wildman–Crippen MR) is 77.5 cm³/mol. The molecule has 0 spiro atoms. The number of nitro groups is 1. The summed E-state index contributed by atoms with van der Waals surface area (Å²) in [6, 6.07) is 5.08. The lowest BCUT2D eigenvalue weighted by molar-refractivity contribution is -0.385. The Balaban J connectivity index is 3.16. The first-order valence-electron chi connectivity index (χ1n) is 6.45. The topological polar surface area (TPSA) is 119 Å². The molecule has 0 heterocycles. The maximum atomic E-state index is 11.8. The first-order chi connectivity index (χ1) is 9.95. The number of ether oxygens (including phenoxy) is 1. The van der Waals surface area contributed by atoms with Crippen LogP contribution in [0, 0.1) is 10.1 Å². The summed E-state index contributed by atoms with van der Waals surface area (Å²) >= 11 is 0. The highest BCUT2D eigenvalue weighted by atomic mass is 16.6. The smallest absolute Gasteiger partial charge is 0.408 e. The highest BCUT2D eigenvalue weighted by Gasteiger charge is 2.39. The number of amides is 1. The van der Waals surface area contributed by atoms with Gasteiger partial charge in [0.2, 0.25) is 0 Å². The van der Waals surface area contributed by atoms with Crippen molar-refractivity contribution in [2.45, 2.75) is 38.8 Å². The predicted octanol–water partition coefficient (Wildman–Crippen LogP) is 2.42. The Hall–Kier alpha value is -2.64. The van der Waals surface area contributed by atoms with Crippen LogP contribution >= 0.6 is 0 Å². The summed E-state index contributed by atoms with van der Waals surface area (Å²) in [6.07, 6.45) is -0.927. The van der Waals surface area contributed by atoms with Crippen LogP contribution in [0.15, 0.2) is 24.3 Å². The van der Waals surface area contributed by atoms with E-state index in [1.54, 1.807) is 20.8 Å². The van der Waals surface area contributed by atoms with E-state index in [4.69, 9.17) is 4.74 Å². The largest absolute Gasteiger partial charge is 0.479 e. The van der Waals surface area contributed by atoms with E-state index in [0.29, 0.717) is 0 Å². The highest BCUT2D eigenvalue weighted by molar-refractivity contribution is 5.85. The molecule has 1 unspecified atom stereocenters. The van der Waals surface area contributed by atoms with Crippen LogP contribution < -0.4 is 5.32 Å². The molecule has 1 atom stereocenters. The third-order valence-electron chi connectivity index (χ3n) is 2.81. The van der Waals surface area contributed by atoms with Gasteiger partial charge in [0.1, 0.15) is 5.60 Å². The van der Waals surface area contributed by atoms with Gasteiger partial charge in [0.25, 0.3) is 5.69 Å². The fraction of sp³-hybridized carbons (Fsp3) is 0.429. The standard InChI is InChI=1S/C14H18N2O6/c1-13(2,3)22-12(19)15-14(4,11(17)18)9-6-5-7-10(8-9)16(20)21/h5-8H,1-4H3,(H,15,19)(H,17,18). The number of carboxylic acids is 1. The Labute approximate surface area is 127 Å². The van der Waals surface area contributed by atoms with Gasteiger partial charge in [-0.25, -0.2) is 9.59 Å². The van der Waals surface area contributed by atoms with Crippen molar-refractivity contribution in [2.24, 2.45) is 0 Å². The van der Waals surface area contributed by atoms with E-state index >= 15 is 0 Å². The summed E-state index contributed by atoms with van der Waals surface area (Å²) in [5.74, 6) is -1.36. The number of hydrogen-bond donors (Lipinski definition) is 2. The van der Waals surface area contributed by atoms with Gasteiger partial charge in [-0.1, -0.05) is 12.1 Å². The number of non-ortho nitro benzene ring substituents is 1. The molecular formula is C14H18N2O6. The van der Waals surface area contributed by atoms with E-state index in [2.05, 4.69) is 5.32 Å². The number of nitro benzene ring substituents is 1. The van der Waals surface area contributed by atoms with Crippen molar-refractivity contribution in [3.63, 3.8) is 0 Å². The average molecular weight is 310 g/mol. The normalized spacial score (nSPS) is 13.8. The van der Waals surface area contributed by atoms with Gasteiger partial charge in [-0.2, -0.15) is 0 Å². The number of alkyl carbamates (subject to hydrolysis) is 1. The summed E-state index contributed by atoms with van der Waals surface area (Å²) < 4.78 is 5.04. The number of nitrogens with zero attached hydrogens (tertiary/aromatic N) is 1. The molecule has 1 amide bonds. The number of nitrogens with one attached hydrogen (secondary N) is 1. The van der Waals surface area contributed by atoms with Crippen molar-refractivity contribution in [2.75, 3.05) is 0 Å². The number of hydrogen-bond acceptors (Lipinski definition) is 5. The fourth-order valence-corrected chi connectivity index (χ4v) is 1.69. The monoisotopic (exact) mass is 310 g/mol. The molecule has 2 N–H and O–H groups in total. The Morgan fingerprint density at radius 1 is 1.27 bits per heavy atom. The quantitative estimate of drug-likeness (QED) is 0.651. The number of carbonyl (C=O) groups is 2. The Morgan fingerprint density at radius 3 is 2.32 bits per heavy atom. The molecular weight excluding hydrogens is 292 g/mol. The lowest BCUT2D eigenvalue weighted by Crippen LogP contribution is -2.51. The van der Waals surface area contributed by atoms with Crippen molar-refractivity contribution in [3.8, 4) is 0 Å². The highest BCUT2D eigenvalue weighted by Crippen LogP contribution is 2.25. The summed E-state index contributed by atoms with van der Waals surface area (Å²) in [5, 5.41) is 22.5. The van der Waals surface area contributed by atoms with Gasteiger partial charge in [-0.05, 0) is 33.3 Å². The number of carboxylic acid groups (broad SMARTS) is 1. The molecule has 0 aliphatic heterocycles. The van der Waals surface area contributed by atoms with Crippen LogP contribution in [0.4, 0.5) is 10.5 Å². The number of aliphatic carboxylic acids is 1. The second kappa shape index (κ2) is 6.00. The minimum atomic E-state index is -1.85. The lowest BCUT2D eigenvalue weighted by Gasteiger charge is -2.28. The third-order valence-corrected chi connectivity index (χ3v) is 2.81. The molecule has 22 heavy (non-hydrogen) atoms. The fourth-order valence-electron chi connectivity index (χ4n) is 1.69. The van der Waals surface area contributed by atoms with E-state index in [1.165, 1.54) is 25.1 Å². The molecule has 1 aromatic carbocycles. The van der Waals surface area contributed by atoms with Gasteiger partial charge >= 0.3 is 12.1 Å². The van der Waals surface area contributed by atoms with Crippen molar-refractivity contribution in [3.05, 3.63) is 39.9 Å². The molecule has 0 saturated heterocycles. The molecule has 8 nitrogen and oxygen atoms in total. The molecule has 1 aromatic rings. The van der Waals surface area contributed by atoms with Crippen LogP contribution in [0.1, 0.15) is 33.3 Å². The lowest BCUT2D eigenvalue weighted by atomic mass is 9.92. The molecule has 8 heteroatoms. The van der Waals surface area contributed by atoms with Crippen LogP contribution in [-0.4, -0.2) is 27.7 Å². The summed E-state index contributed by atoms with van der Waals surface area (Å²) in [7, 11) is 0. The second-order valence-corrected chi connectivity index (χ2v) is 5.86. The second-order valence-electron chi connectivity index (χ2n) is 5.86. The minimum Gasteiger partial charge on any atom is -0.479 e. The van der Waals surface area contributed by atoms with Gasteiger partial charge in [-0.3, -0.25) is 10.1 Å². The molecule has 0 aromatic heterocycles. The molecule has 0 aliphatic rings. The Morgan fingerprint density at radius 2 is 1.86 bits per heavy atom. The van der Waals surface area contributed by atoms with E-state index < -0.39 is 28.1 Å². The summed E-state index contributed by atoms with van der Waals surface area (Å²) in [5.41, 5.74) is -2.85. The van der Waals surface area contributed by atoms with Crippen LogP contribution in [-0.2, 0) is 15.1 Å². The van der Waals surface area contributed by atoms with Crippen LogP contribution in [0.3, 0.4) is 0 Å². The molecule has 0 radical (unpaired) electrons. The number of carbonyl (C=O) groups excluding carboxylic acids is 1. The number of benzene rings is 1. The zero-order chi connectivity index (χ0) is 17.1. The van der Waals surface area contributed by atoms with Crippen molar-refractivity contribution < 1.29 is 24.4 Å².